The number of hydrogen-bond acceptors (Lipinski definition) is 7. The molecule has 0 fully saturated rings. The third-order valence-electron chi connectivity index (χ3n) is 2.71. The molecule has 3 heterocycles. The molecule has 0 bridgehead atoms. The van der Waals surface area contributed by atoms with Crippen molar-refractivity contribution in [2.45, 2.75) is 17.8 Å². The lowest BCUT2D eigenvalue weighted by Gasteiger charge is -1.99. The predicted octanol–water partition coefficient (Wildman–Crippen LogP) is 2.67. The first-order valence-electron chi connectivity index (χ1n) is 6.11. The lowest BCUT2D eigenvalue weighted by Crippen LogP contribution is -2.09. The first-order chi connectivity index (χ1) is 10.1. The number of rotatable bonds is 4. The third-order valence-corrected chi connectivity index (χ3v) is 4.45. The van der Waals surface area contributed by atoms with E-state index in [2.05, 4.69) is 15.0 Å². The van der Waals surface area contributed by atoms with Crippen molar-refractivity contribution in [2.75, 3.05) is 5.73 Å². The summed E-state index contributed by atoms with van der Waals surface area (Å²) in [5.74, 6) is 2.13. The normalized spacial score (nSPS) is 10.9. The van der Waals surface area contributed by atoms with Crippen molar-refractivity contribution in [1.29, 1.82) is 0 Å². The molecule has 0 amide bonds. The van der Waals surface area contributed by atoms with E-state index in [9.17, 15) is 4.79 Å². The monoisotopic (exact) mass is 320 g/mol. The number of aromatic amines is 1. The zero-order valence-corrected chi connectivity index (χ0v) is 12.8. The van der Waals surface area contributed by atoms with E-state index in [1.807, 2.05) is 24.4 Å². The Morgan fingerprint density at radius 3 is 3.05 bits per heavy atom. The molecule has 0 saturated heterocycles. The van der Waals surface area contributed by atoms with Gasteiger partial charge in [0, 0.05) is 11.8 Å². The molecule has 0 radical (unpaired) electrons. The Bertz CT molecular complexity index is 808. The van der Waals surface area contributed by atoms with Crippen molar-refractivity contribution in [2.24, 2.45) is 0 Å². The highest BCUT2D eigenvalue weighted by Crippen LogP contribution is 2.28. The lowest BCUT2D eigenvalue weighted by molar-refractivity contribution is 0.542. The summed E-state index contributed by atoms with van der Waals surface area (Å²) in [6.45, 7) is 1.87. The molecule has 108 valence electrons. The number of aromatic nitrogens is 3. The van der Waals surface area contributed by atoms with Crippen molar-refractivity contribution < 1.29 is 4.42 Å². The molecule has 0 aliphatic heterocycles. The number of thiophene rings is 1. The summed E-state index contributed by atoms with van der Waals surface area (Å²) < 4.78 is 5.66. The number of anilines is 1. The number of hydrogen-bond donors (Lipinski definition) is 2. The number of nitrogens with two attached hydrogens (primary N) is 1. The van der Waals surface area contributed by atoms with Crippen molar-refractivity contribution in [3.05, 3.63) is 45.4 Å². The van der Waals surface area contributed by atoms with Gasteiger partial charge in [-0.1, -0.05) is 17.8 Å². The number of nitrogens with one attached hydrogen (secondary N) is 1. The summed E-state index contributed by atoms with van der Waals surface area (Å²) in [6.07, 6.45) is 0. The van der Waals surface area contributed by atoms with Crippen LogP contribution >= 0.6 is 23.1 Å². The molecule has 0 saturated carbocycles. The summed E-state index contributed by atoms with van der Waals surface area (Å²) in [4.78, 5) is 23.5. The Labute approximate surface area is 128 Å². The molecular weight excluding hydrogens is 308 g/mol. The second-order valence-electron chi connectivity index (χ2n) is 4.26. The molecule has 0 aliphatic rings. The van der Waals surface area contributed by atoms with E-state index in [0.29, 0.717) is 16.8 Å². The average molecular weight is 320 g/mol. The number of oxazole rings is 1. The third kappa shape index (κ3) is 3.17. The first kappa shape index (κ1) is 13.9. The van der Waals surface area contributed by atoms with Crippen LogP contribution in [0.25, 0.3) is 10.8 Å². The van der Waals surface area contributed by atoms with Crippen LogP contribution in [0.2, 0.25) is 0 Å². The van der Waals surface area contributed by atoms with Gasteiger partial charge in [0.25, 0.3) is 5.56 Å². The fraction of sp³-hybridized carbons (Fsp3) is 0.154. The minimum atomic E-state index is -0.263. The van der Waals surface area contributed by atoms with E-state index in [0.717, 1.165) is 16.3 Å². The zero-order chi connectivity index (χ0) is 14.8. The Kier molecular flexibility index (Phi) is 3.80. The van der Waals surface area contributed by atoms with E-state index in [1.54, 1.807) is 11.3 Å². The summed E-state index contributed by atoms with van der Waals surface area (Å²) in [6, 6.07) is 5.17. The first-order valence-corrected chi connectivity index (χ1v) is 7.98. The molecule has 0 spiro atoms. The molecule has 6 nitrogen and oxygen atoms in total. The van der Waals surface area contributed by atoms with Crippen LogP contribution in [0.1, 0.15) is 11.5 Å². The zero-order valence-electron chi connectivity index (χ0n) is 11.1. The van der Waals surface area contributed by atoms with Gasteiger partial charge >= 0.3 is 0 Å². The van der Waals surface area contributed by atoms with Gasteiger partial charge < -0.3 is 15.1 Å². The lowest BCUT2D eigenvalue weighted by atomic mass is 10.4. The molecule has 3 rings (SSSR count). The maximum atomic E-state index is 11.3. The van der Waals surface area contributed by atoms with Gasteiger partial charge in [-0.3, -0.25) is 4.79 Å². The number of H-pyrrole nitrogens is 1. The van der Waals surface area contributed by atoms with Crippen LogP contribution in [0.5, 0.6) is 0 Å². The molecule has 3 aromatic rings. The number of thioether (sulfide) groups is 1. The van der Waals surface area contributed by atoms with Crippen LogP contribution in [-0.2, 0) is 5.75 Å². The van der Waals surface area contributed by atoms with Crippen LogP contribution in [0.15, 0.2) is 37.9 Å². The van der Waals surface area contributed by atoms with Gasteiger partial charge in [0.05, 0.1) is 10.6 Å². The minimum absolute atomic E-state index is 0.206. The highest BCUT2D eigenvalue weighted by molar-refractivity contribution is 7.98. The Balaban J connectivity index is 1.78. The summed E-state index contributed by atoms with van der Waals surface area (Å²) in [7, 11) is 0. The largest absolute Gasteiger partial charge is 0.440 e. The van der Waals surface area contributed by atoms with E-state index in [-0.39, 0.29) is 11.4 Å². The second kappa shape index (κ2) is 5.74. The summed E-state index contributed by atoms with van der Waals surface area (Å²) in [5, 5.41) is 2.45. The smallest absolute Gasteiger partial charge is 0.253 e. The van der Waals surface area contributed by atoms with Gasteiger partial charge in [-0.15, -0.1) is 11.3 Å². The van der Waals surface area contributed by atoms with E-state index in [1.165, 1.54) is 17.8 Å². The number of aryl methyl sites for hydroxylation is 1. The highest BCUT2D eigenvalue weighted by Gasteiger charge is 2.13. The quantitative estimate of drug-likeness (QED) is 0.566. The van der Waals surface area contributed by atoms with E-state index >= 15 is 0 Å². The predicted molar refractivity (Wildman–Crippen MR) is 83.4 cm³/mol. The van der Waals surface area contributed by atoms with Crippen molar-refractivity contribution >= 4 is 28.9 Å². The van der Waals surface area contributed by atoms with Gasteiger partial charge in [0.15, 0.2) is 5.16 Å². The molecule has 0 unspecified atom stereocenters. The molecule has 3 N–H and O–H groups in total. The van der Waals surface area contributed by atoms with Gasteiger partial charge in [0.2, 0.25) is 5.89 Å². The van der Waals surface area contributed by atoms with Crippen LogP contribution < -0.4 is 11.3 Å². The SMILES string of the molecule is Cc1oc(-c2cccs2)nc1CSc1nc(N)cc(=O)[nH]1. The maximum Gasteiger partial charge on any atom is 0.253 e. The fourth-order valence-electron chi connectivity index (χ4n) is 1.73. The highest BCUT2D eigenvalue weighted by atomic mass is 32.2. The number of nitrogens with zero attached hydrogens (tertiary/aromatic N) is 2. The van der Waals surface area contributed by atoms with Gasteiger partial charge in [-0.25, -0.2) is 9.97 Å². The molecule has 0 atom stereocenters. The Morgan fingerprint density at radius 2 is 2.33 bits per heavy atom. The Morgan fingerprint density at radius 1 is 1.48 bits per heavy atom. The average Bonchev–Trinajstić information content (AvgIpc) is 3.04. The van der Waals surface area contributed by atoms with Crippen molar-refractivity contribution in [1.82, 2.24) is 15.0 Å². The Hall–Kier alpha value is -2.06. The van der Waals surface area contributed by atoms with Crippen LogP contribution in [-0.4, -0.2) is 15.0 Å². The molecule has 0 aromatic carbocycles. The minimum Gasteiger partial charge on any atom is -0.440 e. The molecule has 0 aliphatic carbocycles. The van der Waals surface area contributed by atoms with Crippen LogP contribution in [0.4, 0.5) is 5.82 Å². The van der Waals surface area contributed by atoms with Gasteiger partial charge in [-0.05, 0) is 18.4 Å². The number of nitrogen functional groups attached to an aromatic ring is 1. The fourth-order valence-corrected chi connectivity index (χ4v) is 3.26. The summed E-state index contributed by atoms with van der Waals surface area (Å²) in [5.41, 5.74) is 6.11. The molecule has 21 heavy (non-hydrogen) atoms. The summed E-state index contributed by atoms with van der Waals surface area (Å²) >= 11 is 2.94. The topological polar surface area (TPSA) is 97.8 Å². The van der Waals surface area contributed by atoms with Crippen LogP contribution in [0.3, 0.4) is 0 Å². The van der Waals surface area contributed by atoms with Gasteiger partial charge in [0.1, 0.15) is 11.6 Å². The van der Waals surface area contributed by atoms with Crippen LogP contribution in [0, 0.1) is 6.92 Å². The standard InChI is InChI=1S/C13H12N4O2S2/c1-7-8(15-12(19-7)9-3-2-4-20-9)6-21-13-16-10(14)5-11(18)17-13/h2-5H,6H2,1H3,(H3,14,16,17,18). The van der Waals surface area contributed by atoms with E-state index < -0.39 is 0 Å². The van der Waals surface area contributed by atoms with Crippen molar-refractivity contribution in [3.8, 4) is 10.8 Å². The van der Waals surface area contributed by atoms with Gasteiger partial charge in [-0.2, -0.15) is 0 Å². The second-order valence-corrected chi connectivity index (χ2v) is 6.18. The maximum absolute atomic E-state index is 11.3. The molecule has 3 aromatic heterocycles. The van der Waals surface area contributed by atoms with E-state index in [4.69, 9.17) is 10.2 Å². The molecular formula is C13H12N4O2S2. The molecule has 8 heteroatoms. The van der Waals surface area contributed by atoms with Crippen molar-refractivity contribution in [3.63, 3.8) is 0 Å².